The molecule has 0 saturated carbocycles. The number of allylic oxidation sites excluding steroid dienone is 1. The van der Waals surface area contributed by atoms with Gasteiger partial charge in [0.05, 0.1) is 20.8 Å². The summed E-state index contributed by atoms with van der Waals surface area (Å²) in [6.07, 6.45) is 2.26. The molecule has 0 spiro atoms. The Labute approximate surface area is 210 Å². The van der Waals surface area contributed by atoms with Crippen molar-refractivity contribution in [1.29, 1.82) is 0 Å². The summed E-state index contributed by atoms with van der Waals surface area (Å²) in [6.45, 7) is 9.69. The van der Waals surface area contributed by atoms with Crippen molar-refractivity contribution in [2.75, 3.05) is 25.7 Å². The van der Waals surface area contributed by atoms with Crippen molar-refractivity contribution in [3.8, 4) is 0 Å². The van der Waals surface area contributed by atoms with E-state index in [-0.39, 0.29) is 19.0 Å². The van der Waals surface area contributed by atoms with Gasteiger partial charge in [-0.2, -0.15) is 9.88 Å². The molecule has 0 fully saturated rings. The van der Waals surface area contributed by atoms with Crippen LogP contribution >= 0.6 is 8.03 Å². The molecule has 0 radical (unpaired) electrons. The Bertz CT molecular complexity index is 996. The Hall–Kier alpha value is -3.15. The molecule has 1 rings (SSSR count). The zero-order chi connectivity index (χ0) is 27.7. The van der Waals surface area contributed by atoms with Gasteiger partial charge in [-0.3, -0.25) is 4.57 Å². The lowest BCUT2D eigenvalue weighted by molar-refractivity contribution is -0.148. The second kappa shape index (κ2) is 13.2. The van der Waals surface area contributed by atoms with Gasteiger partial charge in [0, 0.05) is 12.7 Å². The van der Waals surface area contributed by atoms with Crippen molar-refractivity contribution in [3.63, 3.8) is 0 Å². The van der Waals surface area contributed by atoms with Crippen LogP contribution in [0.1, 0.15) is 41.5 Å². The van der Waals surface area contributed by atoms with Crippen LogP contribution in [0, 0.1) is 0 Å². The molecule has 1 aromatic rings. The average Bonchev–Trinajstić information content (AvgIpc) is 2.74. The topological polar surface area (TPSA) is 153 Å². The van der Waals surface area contributed by atoms with Crippen LogP contribution in [0.15, 0.2) is 29.2 Å². The molecule has 13 nitrogen and oxygen atoms in total. The number of hydrogen-bond acceptors (Lipinski definition) is 11. The molecular weight excluding hydrogens is 497 g/mol. The summed E-state index contributed by atoms with van der Waals surface area (Å²) < 4.78 is 37.8. The van der Waals surface area contributed by atoms with E-state index in [9.17, 15) is 23.7 Å². The maximum atomic E-state index is 12.7. The van der Waals surface area contributed by atoms with Crippen LogP contribution in [0.3, 0.4) is 0 Å². The lowest BCUT2D eigenvalue weighted by Crippen LogP contribution is -2.45. The number of amides is 2. The van der Waals surface area contributed by atoms with E-state index in [1.165, 1.54) is 36.1 Å². The highest BCUT2D eigenvalue weighted by atomic mass is 31.1. The molecule has 2 amide bonds. The summed E-state index contributed by atoms with van der Waals surface area (Å²) in [4.78, 5) is 53.9. The normalized spacial score (nSPS) is 13.2. The van der Waals surface area contributed by atoms with Crippen LogP contribution in [0.5, 0.6) is 0 Å². The van der Waals surface area contributed by atoms with Gasteiger partial charge >= 0.3 is 37.7 Å². The number of methoxy groups -OCH3 is 1. The molecule has 2 atom stereocenters. The van der Waals surface area contributed by atoms with Gasteiger partial charge in [0.25, 0.3) is 0 Å². The number of rotatable bonds is 9. The third-order valence-corrected chi connectivity index (χ3v) is 4.94. The molecule has 0 aliphatic heterocycles. The van der Waals surface area contributed by atoms with Gasteiger partial charge in [0.15, 0.2) is 5.82 Å². The van der Waals surface area contributed by atoms with Gasteiger partial charge < -0.3 is 18.9 Å². The number of carbonyl (C=O) groups is 3. The van der Waals surface area contributed by atoms with Gasteiger partial charge in [0.1, 0.15) is 11.2 Å². The SMILES string of the molecule is COC(=O)C(OCC=CCn1ccc(N(C(=O)OC(C)(C)C)C(=O)OC(C)(C)C)nc1=O)[P+](=O)OC. The zero-order valence-electron chi connectivity index (χ0n) is 21.7. The lowest BCUT2D eigenvalue weighted by atomic mass is 10.2. The summed E-state index contributed by atoms with van der Waals surface area (Å²) >= 11 is 0. The van der Waals surface area contributed by atoms with E-state index >= 15 is 0 Å². The van der Waals surface area contributed by atoms with Crippen molar-refractivity contribution < 1.29 is 42.4 Å². The van der Waals surface area contributed by atoms with Gasteiger partial charge in [-0.15, -0.1) is 4.52 Å². The van der Waals surface area contributed by atoms with E-state index in [4.69, 9.17) is 14.2 Å². The van der Waals surface area contributed by atoms with E-state index in [0.717, 1.165) is 7.11 Å². The Balaban J connectivity index is 3.01. The maximum Gasteiger partial charge on any atom is 0.552 e. The predicted molar refractivity (Wildman–Crippen MR) is 129 cm³/mol. The first-order valence-electron chi connectivity index (χ1n) is 10.8. The Morgan fingerprint density at radius 1 is 1.06 bits per heavy atom. The number of anilines is 1. The minimum Gasteiger partial charge on any atom is -0.464 e. The van der Waals surface area contributed by atoms with Gasteiger partial charge in [-0.05, 0) is 52.2 Å². The Kier molecular flexibility index (Phi) is 11.4. The number of nitrogens with zero attached hydrogens (tertiary/aromatic N) is 3. The number of hydrogen-bond donors (Lipinski definition) is 0. The quantitative estimate of drug-likeness (QED) is 0.200. The van der Waals surface area contributed by atoms with E-state index in [0.29, 0.717) is 4.90 Å². The van der Waals surface area contributed by atoms with E-state index < -0.39 is 48.9 Å². The smallest absolute Gasteiger partial charge is 0.464 e. The first-order chi connectivity index (χ1) is 16.6. The van der Waals surface area contributed by atoms with Crippen molar-refractivity contribution >= 4 is 32.0 Å². The molecule has 0 aliphatic rings. The maximum absolute atomic E-state index is 12.7. The number of ether oxygens (including phenoxy) is 4. The predicted octanol–water partition coefficient (Wildman–Crippen LogP) is 3.38. The molecule has 0 aromatic carbocycles. The molecule has 36 heavy (non-hydrogen) atoms. The largest absolute Gasteiger partial charge is 0.552 e. The lowest BCUT2D eigenvalue weighted by Gasteiger charge is -2.28. The molecule has 0 saturated heterocycles. The summed E-state index contributed by atoms with van der Waals surface area (Å²) in [5.74, 6) is -2.51. The molecule has 1 heterocycles. The van der Waals surface area contributed by atoms with Crippen molar-refractivity contribution in [2.45, 2.75) is 65.1 Å². The summed E-state index contributed by atoms with van der Waals surface area (Å²) in [5.41, 5.74) is -2.59. The second-order valence-electron chi connectivity index (χ2n) is 9.16. The van der Waals surface area contributed by atoms with Crippen molar-refractivity contribution in [2.24, 2.45) is 0 Å². The standard InChI is InChI=1S/C22H33N3O10P/c1-21(2,3)34-19(28)25(20(29)35-22(4,5)6)15-11-13-24(18(27)23-15)12-9-10-14-33-17(16(26)31-7)36(30)32-8/h9-11,13,17H,12,14H2,1-8H3/q+1. The second-order valence-corrected chi connectivity index (χ2v) is 10.6. The van der Waals surface area contributed by atoms with Crippen LogP contribution in [0.25, 0.3) is 0 Å². The first-order valence-corrected chi connectivity index (χ1v) is 12.0. The van der Waals surface area contributed by atoms with Crippen LogP contribution in [-0.4, -0.2) is 65.6 Å². The highest BCUT2D eigenvalue weighted by Crippen LogP contribution is 2.30. The van der Waals surface area contributed by atoms with Crippen molar-refractivity contribution in [1.82, 2.24) is 9.55 Å². The molecule has 14 heteroatoms. The molecule has 0 aliphatic carbocycles. The zero-order valence-corrected chi connectivity index (χ0v) is 22.6. The minimum atomic E-state index is -2.42. The minimum absolute atomic E-state index is 0.0493. The van der Waals surface area contributed by atoms with Crippen LogP contribution in [0.2, 0.25) is 0 Å². The Morgan fingerprint density at radius 2 is 1.61 bits per heavy atom. The summed E-state index contributed by atoms with van der Waals surface area (Å²) in [6, 6.07) is 1.29. The third-order valence-electron chi connectivity index (χ3n) is 3.83. The van der Waals surface area contributed by atoms with E-state index in [2.05, 4.69) is 14.2 Å². The average molecular weight is 530 g/mol. The van der Waals surface area contributed by atoms with Crippen LogP contribution < -0.4 is 10.6 Å². The van der Waals surface area contributed by atoms with Gasteiger partial charge in [0.2, 0.25) is 0 Å². The highest BCUT2D eigenvalue weighted by Gasteiger charge is 2.41. The van der Waals surface area contributed by atoms with Crippen LogP contribution in [0.4, 0.5) is 15.4 Å². The number of imide groups is 1. The third kappa shape index (κ3) is 10.2. The summed E-state index contributed by atoms with van der Waals surface area (Å²) in [7, 11) is -0.123. The Morgan fingerprint density at radius 3 is 2.06 bits per heavy atom. The van der Waals surface area contributed by atoms with Crippen molar-refractivity contribution in [3.05, 3.63) is 34.9 Å². The number of aromatic nitrogens is 2. The monoisotopic (exact) mass is 530 g/mol. The molecule has 200 valence electrons. The van der Waals surface area contributed by atoms with E-state index in [1.807, 2.05) is 0 Å². The number of carbonyl (C=O) groups excluding carboxylic acids is 3. The first kappa shape index (κ1) is 30.9. The summed E-state index contributed by atoms with van der Waals surface area (Å²) in [5, 5.41) is 0. The molecule has 0 bridgehead atoms. The fourth-order valence-electron chi connectivity index (χ4n) is 2.37. The van der Waals surface area contributed by atoms with Crippen LogP contribution in [-0.2, 0) is 39.4 Å². The highest BCUT2D eigenvalue weighted by molar-refractivity contribution is 7.41. The van der Waals surface area contributed by atoms with Gasteiger partial charge in [-0.25, -0.2) is 19.2 Å². The fraction of sp³-hybridized carbons (Fsp3) is 0.591. The fourth-order valence-corrected chi connectivity index (χ4v) is 3.05. The van der Waals surface area contributed by atoms with Gasteiger partial charge in [-0.1, -0.05) is 12.2 Å². The molecular formula is C22H33N3O10P+. The molecule has 1 aromatic heterocycles. The molecule has 0 N–H and O–H groups in total. The van der Waals surface area contributed by atoms with E-state index in [1.54, 1.807) is 41.5 Å². The number of esters is 1. The molecule has 2 unspecified atom stereocenters.